The van der Waals surface area contributed by atoms with Gasteiger partial charge < -0.3 is 28.4 Å². The Labute approximate surface area is 225 Å². The molecule has 1 aromatic heterocycles. The SMILES string of the molecule is CCOC(=O)C1OC(C)(C)OC1c1cc2c(cc1OC)CCn1c-2cc2c1C(=O)N(C(C)(C)C)CCCC2. The summed E-state index contributed by atoms with van der Waals surface area (Å²) in [7, 11) is 1.63. The second-order valence-corrected chi connectivity index (χ2v) is 11.9. The molecule has 8 heteroatoms. The molecule has 206 valence electrons. The van der Waals surface area contributed by atoms with E-state index in [1.807, 2.05) is 11.0 Å². The van der Waals surface area contributed by atoms with E-state index in [2.05, 4.69) is 37.5 Å². The number of aromatic nitrogens is 1. The molecule has 4 heterocycles. The Morgan fingerprint density at radius 1 is 1.08 bits per heavy atom. The van der Waals surface area contributed by atoms with E-state index in [-0.39, 0.29) is 18.1 Å². The Hall–Kier alpha value is -2.84. The number of amides is 1. The second-order valence-electron chi connectivity index (χ2n) is 11.9. The third-order valence-electron chi connectivity index (χ3n) is 7.77. The number of ether oxygens (including phenoxy) is 4. The average molecular weight is 525 g/mol. The summed E-state index contributed by atoms with van der Waals surface area (Å²) < 4.78 is 25.5. The van der Waals surface area contributed by atoms with Crippen molar-refractivity contribution in [2.75, 3.05) is 20.3 Å². The topological polar surface area (TPSA) is 79.2 Å². The molecule has 1 fully saturated rings. The molecule has 0 N–H and O–H groups in total. The van der Waals surface area contributed by atoms with Crippen LogP contribution in [0.3, 0.4) is 0 Å². The highest BCUT2D eigenvalue weighted by atomic mass is 16.8. The predicted molar refractivity (Wildman–Crippen MR) is 143 cm³/mol. The van der Waals surface area contributed by atoms with E-state index in [9.17, 15) is 9.59 Å². The molecule has 3 aliphatic rings. The quantitative estimate of drug-likeness (QED) is 0.521. The summed E-state index contributed by atoms with van der Waals surface area (Å²) in [5.41, 5.74) is 5.60. The van der Waals surface area contributed by atoms with Crippen molar-refractivity contribution in [3.8, 4) is 17.0 Å². The third-order valence-corrected chi connectivity index (χ3v) is 7.77. The molecule has 2 aromatic rings. The fraction of sp³-hybridized carbons (Fsp3) is 0.600. The van der Waals surface area contributed by atoms with Crippen LogP contribution in [0.2, 0.25) is 0 Å². The molecular weight excluding hydrogens is 484 g/mol. The van der Waals surface area contributed by atoms with E-state index in [4.69, 9.17) is 18.9 Å². The molecule has 3 aliphatic heterocycles. The van der Waals surface area contributed by atoms with Crippen LogP contribution in [0.4, 0.5) is 0 Å². The molecule has 0 radical (unpaired) electrons. The summed E-state index contributed by atoms with van der Waals surface area (Å²) in [5.74, 6) is -0.659. The molecule has 1 aromatic carbocycles. The van der Waals surface area contributed by atoms with Crippen molar-refractivity contribution in [3.05, 3.63) is 40.6 Å². The van der Waals surface area contributed by atoms with Crippen molar-refractivity contribution >= 4 is 11.9 Å². The highest BCUT2D eigenvalue weighted by Gasteiger charge is 2.48. The van der Waals surface area contributed by atoms with Gasteiger partial charge in [-0.3, -0.25) is 4.79 Å². The van der Waals surface area contributed by atoms with Gasteiger partial charge in [-0.15, -0.1) is 0 Å². The number of methoxy groups -OCH3 is 1. The number of aryl methyl sites for hydroxylation is 2. The van der Waals surface area contributed by atoms with Gasteiger partial charge in [0, 0.05) is 35.4 Å². The highest BCUT2D eigenvalue weighted by Crippen LogP contribution is 2.46. The highest BCUT2D eigenvalue weighted by molar-refractivity contribution is 5.96. The minimum Gasteiger partial charge on any atom is -0.496 e. The molecule has 1 saturated heterocycles. The van der Waals surface area contributed by atoms with Crippen LogP contribution < -0.4 is 4.74 Å². The Balaban J connectivity index is 1.62. The predicted octanol–water partition coefficient (Wildman–Crippen LogP) is 5.05. The Morgan fingerprint density at radius 3 is 2.53 bits per heavy atom. The maximum absolute atomic E-state index is 13.9. The van der Waals surface area contributed by atoms with Crippen LogP contribution in [-0.2, 0) is 38.4 Å². The van der Waals surface area contributed by atoms with E-state index >= 15 is 0 Å². The summed E-state index contributed by atoms with van der Waals surface area (Å²) in [6.07, 6.45) is 2.10. The number of hydrogen-bond acceptors (Lipinski definition) is 6. The van der Waals surface area contributed by atoms with Crippen LogP contribution in [-0.4, -0.2) is 59.0 Å². The number of fused-ring (bicyclic) bond motifs is 5. The maximum Gasteiger partial charge on any atom is 0.338 e. The summed E-state index contributed by atoms with van der Waals surface area (Å²) in [4.78, 5) is 28.8. The van der Waals surface area contributed by atoms with E-state index in [0.29, 0.717) is 5.75 Å². The van der Waals surface area contributed by atoms with E-state index in [0.717, 1.165) is 72.4 Å². The van der Waals surface area contributed by atoms with Crippen molar-refractivity contribution in [2.45, 2.75) is 97.3 Å². The van der Waals surface area contributed by atoms with Crippen LogP contribution in [0.1, 0.15) is 87.7 Å². The van der Waals surface area contributed by atoms with Gasteiger partial charge in [0.25, 0.3) is 5.91 Å². The summed E-state index contributed by atoms with van der Waals surface area (Å²) >= 11 is 0. The molecule has 0 saturated carbocycles. The fourth-order valence-corrected chi connectivity index (χ4v) is 6.06. The van der Waals surface area contributed by atoms with E-state index in [1.165, 1.54) is 0 Å². The zero-order valence-electron chi connectivity index (χ0n) is 23.7. The first kappa shape index (κ1) is 26.8. The van der Waals surface area contributed by atoms with Gasteiger partial charge in [0.1, 0.15) is 17.5 Å². The van der Waals surface area contributed by atoms with Gasteiger partial charge in [-0.05, 0) is 96.6 Å². The van der Waals surface area contributed by atoms with Gasteiger partial charge in [0.05, 0.1) is 13.7 Å². The zero-order valence-corrected chi connectivity index (χ0v) is 23.7. The Bertz CT molecular complexity index is 1250. The van der Waals surface area contributed by atoms with Gasteiger partial charge in [-0.2, -0.15) is 0 Å². The lowest BCUT2D eigenvalue weighted by atomic mass is 9.92. The fourth-order valence-electron chi connectivity index (χ4n) is 6.06. The molecule has 8 nitrogen and oxygen atoms in total. The zero-order chi connectivity index (χ0) is 27.4. The van der Waals surface area contributed by atoms with Crippen LogP contribution in [0, 0.1) is 0 Å². The molecule has 0 spiro atoms. The first-order chi connectivity index (χ1) is 17.9. The Morgan fingerprint density at radius 2 is 1.84 bits per heavy atom. The van der Waals surface area contributed by atoms with Crippen molar-refractivity contribution in [1.29, 1.82) is 0 Å². The first-order valence-corrected chi connectivity index (χ1v) is 13.7. The summed E-state index contributed by atoms with van der Waals surface area (Å²) in [5, 5.41) is 0. The molecule has 5 rings (SSSR count). The van der Waals surface area contributed by atoms with E-state index in [1.54, 1.807) is 27.9 Å². The number of carbonyl (C=O) groups excluding carboxylic acids is 2. The van der Waals surface area contributed by atoms with Gasteiger partial charge >= 0.3 is 5.97 Å². The van der Waals surface area contributed by atoms with Crippen molar-refractivity contribution in [2.24, 2.45) is 0 Å². The molecule has 0 aliphatic carbocycles. The molecule has 0 bridgehead atoms. The van der Waals surface area contributed by atoms with Crippen LogP contribution >= 0.6 is 0 Å². The largest absolute Gasteiger partial charge is 0.496 e. The minimum atomic E-state index is -0.957. The lowest BCUT2D eigenvalue weighted by Crippen LogP contribution is -2.47. The van der Waals surface area contributed by atoms with Gasteiger partial charge in [0.2, 0.25) is 0 Å². The minimum absolute atomic E-state index is 0.104. The molecule has 2 unspecified atom stereocenters. The third kappa shape index (κ3) is 4.62. The lowest BCUT2D eigenvalue weighted by Gasteiger charge is -2.37. The number of carbonyl (C=O) groups is 2. The molecule has 2 atom stereocenters. The van der Waals surface area contributed by atoms with Crippen molar-refractivity contribution < 1.29 is 28.5 Å². The smallest absolute Gasteiger partial charge is 0.338 e. The summed E-state index contributed by atoms with van der Waals surface area (Å²) in [6.45, 7) is 13.4. The number of benzene rings is 1. The number of rotatable bonds is 4. The normalized spacial score (nSPS) is 22.7. The first-order valence-electron chi connectivity index (χ1n) is 13.7. The molecule has 1 amide bonds. The number of nitrogens with zero attached hydrogens (tertiary/aromatic N) is 2. The second kappa shape index (κ2) is 9.72. The number of hydrogen-bond donors (Lipinski definition) is 0. The maximum atomic E-state index is 13.9. The lowest BCUT2D eigenvalue weighted by molar-refractivity contribution is -0.170. The molecular formula is C30H40N2O6. The summed E-state index contributed by atoms with van der Waals surface area (Å²) in [6, 6.07) is 6.28. The monoisotopic (exact) mass is 524 g/mol. The number of esters is 1. The van der Waals surface area contributed by atoms with E-state index < -0.39 is 24.0 Å². The average Bonchev–Trinajstić information content (AvgIpc) is 3.37. The van der Waals surface area contributed by atoms with Crippen LogP contribution in [0.5, 0.6) is 5.75 Å². The van der Waals surface area contributed by atoms with Gasteiger partial charge in [-0.25, -0.2) is 4.79 Å². The van der Waals surface area contributed by atoms with Gasteiger partial charge in [0.15, 0.2) is 11.9 Å². The Kier molecular flexibility index (Phi) is 6.84. The van der Waals surface area contributed by atoms with Crippen molar-refractivity contribution in [1.82, 2.24) is 9.47 Å². The standard InChI is InChI=1S/C30H40N2O6/c1-8-36-28(34)26-25(37-30(5,6)38-26)21-17-20-18(16-23(21)35-7)12-14-31-22(20)15-19-11-9-10-13-32(29(2,3)4)27(33)24(19)31/h15-17,25-26H,8-14H2,1-7H3. The van der Waals surface area contributed by atoms with Crippen molar-refractivity contribution in [3.63, 3.8) is 0 Å². The van der Waals surface area contributed by atoms with Crippen LogP contribution in [0.15, 0.2) is 18.2 Å². The van der Waals surface area contributed by atoms with Crippen LogP contribution in [0.25, 0.3) is 11.3 Å². The van der Waals surface area contributed by atoms with Gasteiger partial charge in [-0.1, -0.05) is 0 Å². The molecule has 38 heavy (non-hydrogen) atoms.